The molecule has 2 aromatic heterocycles. The predicted molar refractivity (Wildman–Crippen MR) is 122 cm³/mol. The molecule has 1 atom stereocenters. The Kier molecular flexibility index (Phi) is 5.13. The summed E-state index contributed by atoms with van der Waals surface area (Å²) in [5.74, 6) is 1.47. The van der Waals surface area contributed by atoms with E-state index in [1.165, 1.54) is 4.68 Å². The van der Waals surface area contributed by atoms with Crippen LogP contribution in [0.1, 0.15) is 43.0 Å². The fourth-order valence-corrected chi connectivity index (χ4v) is 4.07. The van der Waals surface area contributed by atoms with Crippen LogP contribution in [0.2, 0.25) is 5.02 Å². The Balaban J connectivity index is 1.79. The number of fused-ring (bicyclic) bond motifs is 1. The molecule has 5 rings (SSSR count). The van der Waals surface area contributed by atoms with E-state index in [4.69, 9.17) is 30.7 Å². The summed E-state index contributed by atoms with van der Waals surface area (Å²) >= 11 is 6.06. The Bertz CT molecular complexity index is 1360. The van der Waals surface area contributed by atoms with Gasteiger partial charge in [-0.05, 0) is 55.7 Å². The number of methoxy groups -OCH3 is 2. The van der Waals surface area contributed by atoms with E-state index in [2.05, 4.69) is 5.16 Å². The van der Waals surface area contributed by atoms with Crippen LogP contribution in [0.25, 0.3) is 22.2 Å². The van der Waals surface area contributed by atoms with Gasteiger partial charge in [0, 0.05) is 10.9 Å². The number of hydrogen-bond acceptors (Lipinski definition) is 6. The lowest BCUT2D eigenvalue weighted by molar-refractivity contribution is 0.403. The Morgan fingerprint density at radius 3 is 2.53 bits per heavy atom. The van der Waals surface area contributed by atoms with Crippen LogP contribution in [0.3, 0.4) is 0 Å². The van der Waals surface area contributed by atoms with Crippen LogP contribution in [-0.4, -0.2) is 29.2 Å². The van der Waals surface area contributed by atoms with Crippen LogP contribution in [0.15, 0.2) is 51.8 Å². The second kappa shape index (κ2) is 7.98. The summed E-state index contributed by atoms with van der Waals surface area (Å²) in [6.45, 7) is 1.93. The van der Waals surface area contributed by atoms with E-state index in [0.29, 0.717) is 44.4 Å². The highest BCUT2D eigenvalue weighted by atomic mass is 35.5. The molecule has 1 unspecified atom stereocenters. The normalized spacial score (nSPS) is 14.5. The molecule has 8 heteroatoms. The van der Waals surface area contributed by atoms with Crippen molar-refractivity contribution in [3.05, 3.63) is 69.1 Å². The highest BCUT2D eigenvalue weighted by Crippen LogP contribution is 2.44. The molecule has 0 bridgehead atoms. The molecule has 0 aliphatic heterocycles. The summed E-state index contributed by atoms with van der Waals surface area (Å²) in [5, 5.41) is 10.1. The lowest BCUT2D eigenvalue weighted by Gasteiger charge is -2.17. The van der Waals surface area contributed by atoms with Gasteiger partial charge in [0.05, 0.1) is 25.8 Å². The van der Waals surface area contributed by atoms with Crippen LogP contribution in [-0.2, 0) is 0 Å². The maximum Gasteiger partial charge on any atom is 0.280 e. The molecule has 2 heterocycles. The van der Waals surface area contributed by atoms with Gasteiger partial charge in [-0.2, -0.15) is 5.10 Å². The first-order chi connectivity index (χ1) is 15.5. The van der Waals surface area contributed by atoms with E-state index in [1.807, 2.05) is 31.2 Å². The Hall–Kier alpha value is -3.32. The van der Waals surface area contributed by atoms with Crippen molar-refractivity contribution in [2.75, 3.05) is 14.2 Å². The van der Waals surface area contributed by atoms with E-state index in [1.54, 1.807) is 32.4 Å². The minimum Gasteiger partial charge on any atom is -0.497 e. The fraction of sp³-hybridized carbons (Fsp3) is 0.292. The number of halogens is 1. The number of aromatic nitrogens is 3. The van der Waals surface area contributed by atoms with Crippen molar-refractivity contribution in [2.45, 2.75) is 31.7 Å². The van der Waals surface area contributed by atoms with Gasteiger partial charge in [0.2, 0.25) is 5.58 Å². The standard InChI is InChI=1S/C24H22ClN3O4/c1-13(14-6-8-16(25)9-7-14)28-24(29)20-21(15-4-5-15)27-32-23(20)22(26-28)18-12-17(30-2)10-11-19(18)31-3/h6-13,15H,4-5H2,1-3H3. The molecule has 0 spiro atoms. The summed E-state index contributed by atoms with van der Waals surface area (Å²) in [7, 11) is 3.18. The summed E-state index contributed by atoms with van der Waals surface area (Å²) in [6.07, 6.45) is 1.99. The van der Waals surface area contributed by atoms with Gasteiger partial charge < -0.3 is 14.0 Å². The van der Waals surface area contributed by atoms with Crippen LogP contribution >= 0.6 is 11.6 Å². The third-order valence-electron chi connectivity index (χ3n) is 5.91. The lowest BCUT2D eigenvalue weighted by Crippen LogP contribution is -2.27. The van der Waals surface area contributed by atoms with Crippen molar-refractivity contribution in [1.82, 2.24) is 14.9 Å². The average Bonchev–Trinajstić information content (AvgIpc) is 3.57. The highest BCUT2D eigenvalue weighted by Gasteiger charge is 2.33. The van der Waals surface area contributed by atoms with Gasteiger partial charge in [-0.3, -0.25) is 4.79 Å². The molecule has 0 radical (unpaired) electrons. The molecule has 0 saturated heterocycles. The molecule has 2 aromatic carbocycles. The summed E-state index contributed by atoms with van der Waals surface area (Å²) in [5.41, 5.74) is 2.89. The van der Waals surface area contributed by atoms with Gasteiger partial charge in [0.25, 0.3) is 5.56 Å². The molecule has 32 heavy (non-hydrogen) atoms. The number of nitrogens with zero attached hydrogens (tertiary/aromatic N) is 3. The van der Waals surface area contributed by atoms with Gasteiger partial charge in [0.1, 0.15) is 28.3 Å². The lowest BCUT2D eigenvalue weighted by atomic mass is 10.1. The summed E-state index contributed by atoms with van der Waals surface area (Å²) < 4.78 is 18.2. The molecule has 0 amide bonds. The first-order valence-corrected chi connectivity index (χ1v) is 10.8. The third kappa shape index (κ3) is 3.42. The maximum atomic E-state index is 13.6. The summed E-state index contributed by atoms with van der Waals surface area (Å²) in [6, 6.07) is 12.5. The van der Waals surface area contributed by atoms with Crippen LogP contribution in [0, 0.1) is 0 Å². The number of ether oxygens (including phenoxy) is 2. The average molecular weight is 452 g/mol. The van der Waals surface area contributed by atoms with Gasteiger partial charge in [0.15, 0.2) is 0 Å². The van der Waals surface area contributed by atoms with Crippen molar-refractivity contribution in [3.8, 4) is 22.8 Å². The Labute approximate surface area is 189 Å². The smallest absolute Gasteiger partial charge is 0.280 e. The zero-order chi connectivity index (χ0) is 22.4. The topological polar surface area (TPSA) is 79.4 Å². The van der Waals surface area contributed by atoms with Crippen LogP contribution in [0.4, 0.5) is 0 Å². The van der Waals surface area contributed by atoms with Crippen molar-refractivity contribution in [1.29, 1.82) is 0 Å². The molecule has 1 saturated carbocycles. The molecule has 1 fully saturated rings. The van der Waals surface area contributed by atoms with Gasteiger partial charge in [-0.15, -0.1) is 0 Å². The summed E-state index contributed by atoms with van der Waals surface area (Å²) in [4.78, 5) is 13.6. The highest BCUT2D eigenvalue weighted by molar-refractivity contribution is 6.30. The molecule has 1 aliphatic carbocycles. The maximum absolute atomic E-state index is 13.6. The van der Waals surface area contributed by atoms with E-state index in [-0.39, 0.29) is 17.5 Å². The Morgan fingerprint density at radius 2 is 1.88 bits per heavy atom. The fourth-order valence-electron chi connectivity index (χ4n) is 3.94. The number of rotatable bonds is 6. The van der Waals surface area contributed by atoms with Crippen LogP contribution < -0.4 is 15.0 Å². The van der Waals surface area contributed by atoms with E-state index in [9.17, 15) is 4.79 Å². The minimum atomic E-state index is -0.332. The van der Waals surface area contributed by atoms with Gasteiger partial charge in [-0.25, -0.2) is 4.68 Å². The minimum absolute atomic E-state index is 0.226. The first-order valence-electron chi connectivity index (χ1n) is 10.4. The largest absolute Gasteiger partial charge is 0.497 e. The molecule has 1 aliphatic rings. The Morgan fingerprint density at radius 1 is 1.12 bits per heavy atom. The van der Waals surface area contributed by atoms with E-state index in [0.717, 1.165) is 18.4 Å². The van der Waals surface area contributed by atoms with Gasteiger partial charge >= 0.3 is 0 Å². The second-order valence-corrected chi connectivity index (χ2v) is 8.37. The monoisotopic (exact) mass is 451 g/mol. The van der Waals surface area contributed by atoms with Crippen molar-refractivity contribution >= 4 is 22.6 Å². The van der Waals surface area contributed by atoms with Crippen molar-refractivity contribution < 1.29 is 14.0 Å². The molecule has 4 aromatic rings. The van der Waals surface area contributed by atoms with Crippen molar-refractivity contribution in [2.24, 2.45) is 0 Å². The van der Waals surface area contributed by atoms with Crippen molar-refractivity contribution in [3.63, 3.8) is 0 Å². The predicted octanol–water partition coefficient (Wildman–Crippen LogP) is 5.21. The van der Waals surface area contributed by atoms with E-state index < -0.39 is 0 Å². The molecule has 164 valence electrons. The molecule has 0 N–H and O–H groups in total. The molecule has 7 nitrogen and oxygen atoms in total. The number of hydrogen-bond donors (Lipinski definition) is 0. The first kappa shape index (κ1) is 20.6. The van der Waals surface area contributed by atoms with Crippen LogP contribution in [0.5, 0.6) is 11.5 Å². The molecular formula is C24H22ClN3O4. The molecular weight excluding hydrogens is 430 g/mol. The zero-order valence-corrected chi connectivity index (χ0v) is 18.7. The quantitative estimate of drug-likeness (QED) is 0.400. The number of benzene rings is 2. The second-order valence-electron chi connectivity index (χ2n) is 7.94. The van der Waals surface area contributed by atoms with Gasteiger partial charge in [-0.1, -0.05) is 28.9 Å². The third-order valence-corrected chi connectivity index (χ3v) is 6.16. The SMILES string of the molecule is COc1ccc(OC)c(-c2nn(C(C)c3ccc(Cl)cc3)c(=O)c3c(C4CC4)noc23)c1. The van der Waals surface area contributed by atoms with E-state index >= 15 is 0 Å². The zero-order valence-electron chi connectivity index (χ0n) is 18.0.